The highest BCUT2D eigenvalue weighted by atomic mass is 32.1. The van der Waals surface area contributed by atoms with Gasteiger partial charge in [-0.25, -0.2) is 4.98 Å². The molecule has 2 heterocycles. The number of hydrogen-bond acceptors (Lipinski definition) is 6. The van der Waals surface area contributed by atoms with E-state index in [1.165, 1.54) is 11.8 Å². The number of carbonyl (C=O) groups is 1. The van der Waals surface area contributed by atoms with E-state index in [0.717, 1.165) is 41.1 Å². The monoisotopic (exact) mass is 472 g/mol. The summed E-state index contributed by atoms with van der Waals surface area (Å²) < 4.78 is 12.1. The van der Waals surface area contributed by atoms with Gasteiger partial charge in [-0.3, -0.25) is 4.79 Å². The molecule has 0 aliphatic carbocycles. The molecular weight excluding hydrogens is 448 g/mol. The predicted octanol–water partition coefficient (Wildman–Crippen LogP) is 5.47. The molecule has 1 amide bonds. The lowest BCUT2D eigenvalue weighted by atomic mass is 9.97. The van der Waals surface area contributed by atoms with Crippen LogP contribution >= 0.6 is 11.3 Å². The molecule has 5 rings (SSSR count). The number of hydrogen-bond donors (Lipinski definition) is 2. The zero-order valence-electron chi connectivity index (χ0n) is 18.4. The third-order valence-electron chi connectivity index (χ3n) is 5.75. The van der Waals surface area contributed by atoms with Crippen LogP contribution < -0.4 is 14.8 Å². The second-order valence-electron chi connectivity index (χ2n) is 8.04. The molecule has 34 heavy (non-hydrogen) atoms. The lowest BCUT2D eigenvalue weighted by Crippen LogP contribution is -2.30. The highest BCUT2D eigenvalue weighted by Gasteiger charge is 2.22. The summed E-state index contributed by atoms with van der Waals surface area (Å²) in [6.45, 7) is -0.194. The van der Waals surface area contributed by atoms with E-state index in [4.69, 9.17) is 9.47 Å². The first-order chi connectivity index (χ1) is 16.7. The van der Waals surface area contributed by atoms with Gasteiger partial charge in [0.25, 0.3) is 11.1 Å². The Balaban J connectivity index is 1.23. The SMILES string of the molecule is O=C(N[C@H](CO)c1ccccc1)c1cnc(Oc2ccc3c(c2)CC[C@@H](c2ccccc2)O3)s1. The maximum absolute atomic E-state index is 12.7. The van der Waals surface area contributed by atoms with Crippen LogP contribution in [-0.4, -0.2) is 22.6 Å². The van der Waals surface area contributed by atoms with Crippen molar-refractivity contribution in [2.75, 3.05) is 6.61 Å². The molecule has 4 aromatic rings. The van der Waals surface area contributed by atoms with Gasteiger partial charge in [0.05, 0.1) is 18.8 Å². The van der Waals surface area contributed by atoms with Gasteiger partial charge in [-0.2, -0.15) is 0 Å². The molecule has 0 bridgehead atoms. The Kier molecular flexibility index (Phi) is 6.56. The van der Waals surface area contributed by atoms with Crippen LogP contribution in [-0.2, 0) is 6.42 Å². The first kappa shape index (κ1) is 22.1. The topological polar surface area (TPSA) is 80.7 Å². The van der Waals surface area contributed by atoms with Crippen molar-refractivity contribution in [2.24, 2.45) is 0 Å². The molecule has 2 N–H and O–H groups in total. The van der Waals surface area contributed by atoms with Gasteiger partial charge in [-0.1, -0.05) is 72.0 Å². The number of carbonyl (C=O) groups excluding carboxylic acids is 1. The Morgan fingerprint density at radius 1 is 1.12 bits per heavy atom. The van der Waals surface area contributed by atoms with Gasteiger partial charge in [0, 0.05) is 0 Å². The molecule has 2 atom stereocenters. The van der Waals surface area contributed by atoms with Gasteiger partial charge in [-0.15, -0.1) is 0 Å². The van der Waals surface area contributed by atoms with Crippen molar-refractivity contribution in [3.8, 4) is 16.7 Å². The van der Waals surface area contributed by atoms with Crippen LogP contribution in [0, 0.1) is 0 Å². The van der Waals surface area contributed by atoms with E-state index >= 15 is 0 Å². The second-order valence-corrected chi connectivity index (χ2v) is 9.03. The zero-order valence-corrected chi connectivity index (χ0v) is 19.2. The van der Waals surface area contributed by atoms with E-state index in [2.05, 4.69) is 22.4 Å². The van der Waals surface area contributed by atoms with Crippen LogP contribution in [0.4, 0.5) is 0 Å². The Labute approximate surface area is 201 Å². The molecule has 0 fully saturated rings. The number of rotatable bonds is 7. The predicted molar refractivity (Wildman–Crippen MR) is 130 cm³/mol. The maximum Gasteiger partial charge on any atom is 0.279 e. The fourth-order valence-corrected chi connectivity index (χ4v) is 4.68. The highest BCUT2D eigenvalue weighted by molar-refractivity contribution is 7.15. The number of fused-ring (bicyclic) bond motifs is 1. The summed E-state index contributed by atoms with van der Waals surface area (Å²) in [5.74, 6) is 1.21. The normalized spacial score (nSPS) is 15.6. The second kappa shape index (κ2) is 10.1. The molecule has 1 aliphatic heterocycles. The third kappa shape index (κ3) is 4.95. The van der Waals surface area contributed by atoms with Gasteiger partial charge < -0.3 is 19.9 Å². The van der Waals surface area contributed by atoms with Gasteiger partial charge in [0.1, 0.15) is 22.5 Å². The lowest BCUT2D eigenvalue weighted by Gasteiger charge is -2.26. The molecule has 172 valence electrons. The number of nitrogens with one attached hydrogen (secondary N) is 1. The molecule has 1 aromatic heterocycles. The molecule has 6 nitrogen and oxygen atoms in total. The fraction of sp³-hybridized carbons (Fsp3) is 0.185. The quantitative estimate of drug-likeness (QED) is 0.373. The van der Waals surface area contributed by atoms with Crippen LogP contribution in [0.2, 0.25) is 0 Å². The van der Waals surface area contributed by atoms with Gasteiger partial charge >= 0.3 is 0 Å². The van der Waals surface area contributed by atoms with Crippen molar-refractivity contribution in [1.82, 2.24) is 10.3 Å². The number of nitrogens with zero attached hydrogens (tertiary/aromatic N) is 1. The summed E-state index contributed by atoms with van der Waals surface area (Å²) in [5, 5.41) is 12.9. The molecule has 0 saturated heterocycles. The number of aromatic nitrogens is 1. The molecule has 3 aromatic carbocycles. The maximum atomic E-state index is 12.7. The number of benzene rings is 3. The number of aryl methyl sites for hydroxylation is 1. The Morgan fingerprint density at radius 3 is 2.65 bits per heavy atom. The van der Waals surface area contributed by atoms with Crippen molar-refractivity contribution >= 4 is 17.2 Å². The number of amides is 1. The average Bonchev–Trinajstić information content (AvgIpc) is 3.36. The number of aliphatic hydroxyl groups excluding tert-OH is 1. The molecule has 0 spiro atoms. The highest BCUT2D eigenvalue weighted by Crippen LogP contribution is 2.38. The van der Waals surface area contributed by atoms with Crippen LogP contribution in [0.3, 0.4) is 0 Å². The van der Waals surface area contributed by atoms with Crippen molar-refractivity contribution < 1.29 is 19.4 Å². The zero-order chi connectivity index (χ0) is 23.3. The van der Waals surface area contributed by atoms with Crippen molar-refractivity contribution in [2.45, 2.75) is 25.0 Å². The van der Waals surface area contributed by atoms with Gasteiger partial charge in [0.15, 0.2) is 0 Å². The molecule has 1 aliphatic rings. The van der Waals surface area contributed by atoms with E-state index in [0.29, 0.717) is 15.8 Å². The van der Waals surface area contributed by atoms with E-state index in [1.807, 2.05) is 66.7 Å². The number of aliphatic hydroxyl groups is 1. The first-order valence-corrected chi connectivity index (χ1v) is 12.0. The standard InChI is InChI=1S/C27H24N2O4S/c30-17-22(18-7-3-1-4-8-18)29-26(31)25-16-28-27(34-25)32-21-12-14-24-20(15-21)11-13-23(33-24)19-9-5-2-6-10-19/h1-10,12,14-16,22-23,30H,11,13,17H2,(H,29,31)/t22-,23+/m1/s1. The minimum atomic E-state index is -0.486. The van der Waals surface area contributed by atoms with Crippen LogP contribution in [0.1, 0.15) is 44.9 Å². The summed E-state index contributed by atoms with van der Waals surface area (Å²) in [6, 6.07) is 24.9. The summed E-state index contributed by atoms with van der Waals surface area (Å²) >= 11 is 1.16. The first-order valence-electron chi connectivity index (χ1n) is 11.1. The van der Waals surface area contributed by atoms with E-state index in [-0.39, 0.29) is 18.6 Å². The fourth-order valence-electron chi connectivity index (χ4n) is 3.99. The van der Waals surface area contributed by atoms with E-state index in [9.17, 15) is 9.90 Å². The van der Waals surface area contributed by atoms with Crippen LogP contribution in [0.5, 0.6) is 16.7 Å². The average molecular weight is 473 g/mol. The summed E-state index contributed by atoms with van der Waals surface area (Å²) in [7, 11) is 0. The van der Waals surface area contributed by atoms with Crippen molar-refractivity contribution in [3.05, 3.63) is 107 Å². The Bertz CT molecular complexity index is 1260. The van der Waals surface area contributed by atoms with Crippen LogP contribution in [0.25, 0.3) is 0 Å². The molecule has 0 unspecified atom stereocenters. The Morgan fingerprint density at radius 2 is 1.88 bits per heavy atom. The largest absolute Gasteiger partial charge is 0.485 e. The minimum Gasteiger partial charge on any atom is -0.485 e. The van der Waals surface area contributed by atoms with Gasteiger partial charge in [-0.05, 0) is 47.7 Å². The Hall–Kier alpha value is -3.68. The van der Waals surface area contributed by atoms with Crippen molar-refractivity contribution in [1.29, 1.82) is 0 Å². The van der Waals surface area contributed by atoms with E-state index in [1.54, 1.807) is 0 Å². The van der Waals surface area contributed by atoms with Crippen molar-refractivity contribution in [3.63, 3.8) is 0 Å². The molecule has 0 radical (unpaired) electrons. The summed E-state index contributed by atoms with van der Waals surface area (Å²) in [5.41, 5.74) is 3.11. The lowest BCUT2D eigenvalue weighted by molar-refractivity contribution is 0.0920. The minimum absolute atomic E-state index is 0.0548. The molecular formula is C27H24N2O4S. The summed E-state index contributed by atoms with van der Waals surface area (Å²) in [6.07, 6.45) is 3.33. The summed E-state index contributed by atoms with van der Waals surface area (Å²) in [4.78, 5) is 17.3. The van der Waals surface area contributed by atoms with Crippen LogP contribution in [0.15, 0.2) is 85.1 Å². The van der Waals surface area contributed by atoms with E-state index < -0.39 is 6.04 Å². The smallest absolute Gasteiger partial charge is 0.279 e. The van der Waals surface area contributed by atoms with Gasteiger partial charge in [0.2, 0.25) is 0 Å². The number of thiazole rings is 1. The molecule has 0 saturated carbocycles. The molecule has 7 heteroatoms. The number of ether oxygens (including phenoxy) is 2. The third-order valence-corrected chi connectivity index (χ3v) is 6.63.